The number of aryl methyl sites for hydroxylation is 1. The van der Waals surface area contributed by atoms with Gasteiger partial charge in [0, 0.05) is 49.2 Å². The van der Waals surface area contributed by atoms with E-state index in [1.807, 2.05) is 31.6 Å². The number of aromatic nitrogens is 3. The van der Waals surface area contributed by atoms with E-state index in [1.165, 1.54) is 0 Å². The Morgan fingerprint density at radius 2 is 2.24 bits per heavy atom. The molecule has 3 aliphatic heterocycles. The minimum atomic E-state index is 0.0646. The molecule has 5 rings (SSSR count). The number of anilines is 1. The summed E-state index contributed by atoms with van der Waals surface area (Å²) in [6.07, 6.45) is 9.06. The number of pyridine rings is 1. The Bertz CT molecular complexity index is 1000. The van der Waals surface area contributed by atoms with Crippen molar-refractivity contribution in [2.75, 3.05) is 32.1 Å². The SMILES string of the molecule is COC1=CC2=NCC(c3cccc(NC4CCNC4)n3)N2C=C1c1cnn(C)c1. The fourth-order valence-electron chi connectivity index (χ4n) is 4.07. The van der Waals surface area contributed by atoms with Crippen molar-refractivity contribution >= 4 is 17.2 Å². The molecular formula is C21H25N7O. The second kappa shape index (κ2) is 7.36. The summed E-state index contributed by atoms with van der Waals surface area (Å²) in [6, 6.07) is 6.68. The Labute approximate surface area is 170 Å². The molecule has 2 unspecified atom stereocenters. The minimum absolute atomic E-state index is 0.0646. The molecule has 2 aromatic rings. The Balaban J connectivity index is 1.43. The molecule has 0 aromatic carbocycles. The molecule has 0 radical (unpaired) electrons. The maximum Gasteiger partial charge on any atom is 0.132 e. The lowest BCUT2D eigenvalue weighted by Crippen LogP contribution is -2.29. The lowest BCUT2D eigenvalue weighted by molar-refractivity contribution is 0.307. The van der Waals surface area contributed by atoms with Crippen molar-refractivity contribution in [1.82, 2.24) is 25.0 Å². The van der Waals surface area contributed by atoms with E-state index in [4.69, 9.17) is 14.7 Å². The van der Waals surface area contributed by atoms with E-state index in [0.717, 1.165) is 53.8 Å². The summed E-state index contributed by atoms with van der Waals surface area (Å²) in [7, 11) is 3.60. The van der Waals surface area contributed by atoms with E-state index in [2.05, 4.69) is 39.0 Å². The van der Waals surface area contributed by atoms with Crippen LogP contribution in [0.5, 0.6) is 0 Å². The molecule has 0 bridgehead atoms. The maximum absolute atomic E-state index is 5.63. The highest BCUT2D eigenvalue weighted by molar-refractivity contribution is 6.02. The van der Waals surface area contributed by atoms with Crippen LogP contribution in [-0.2, 0) is 11.8 Å². The molecule has 2 N–H and O–H groups in total. The van der Waals surface area contributed by atoms with E-state index in [1.54, 1.807) is 11.8 Å². The van der Waals surface area contributed by atoms with Crippen molar-refractivity contribution < 1.29 is 4.74 Å². The zero-order valence-corrected chi connectivity index (χ0v) is 16.7. The first-order chi connectivity index (χ1) is 14.2. The van der Waals surface area contributed by atoms with E-state index < -0.39 is 0 Å². The number of nitrogens with one attached hydrogen (secondary N) is 2. The monoisotopic (exact) mass is 391 g/mol. The molecule has 0 aliphatic carbocycles. The Hall–Kier alpha value is -3.13. The third-order valence-electron chi connectivity index (χ3n) is 5.58. The van der Waals surface area contributed by atoms with Crippen LogP contribution in [0.1, 0.15) is 23.7 Å². The fraction of sp³-hybridized carbons (Fsp3) is 0.381. The van der Waals surface area contributed by atoms with Gasteiger partial charge in [-0.2, -0.15) is 5.10 Å². The quantitative estimate of drug-likeness (QED) is 0.811. The number of ether oxygens (including phenoxy) is 1. The van der Waals surface area contributed by atoms with Crippen LogP contribution < -0.4 is 10.6 Å². The average molecular weight is 391 g/mol. The second-order valence-corrected chi connectivity index (χ2v) is 7.56. The number of hydrogen-bond acceptors (Lipinski definition) is 7. The Morgan fingerprint density at radius 3 is 3.00 bits per heavy atom. The van der Waals surface area contributed by atoms with Gasteiger partial charge in [0.1, 0.15) is 17.4 Å². The number of aliphatic imine (C=N–C) groups is 1. The van der Waals surface area contributed by atoms with Crippen LogP contribution in [0, 0.1) is 0 Å². The van der Waals surface area contributed by atoms with Crippen LogP contribution in [-0.4, -0.2) is 58.3 Å². The van der Waals surface area contributed by atoms with Crippen molar-refractivity contribution in [2.24, 2.45) is 12.0 Å². The number of hydrogen-bond donors (Lipinski definition) is 2. The summed E-state index contributed by atoms with van der Waals surface area (Å²) in [6.45, 7) is 2.71. The van der Waals surface area contributed by atoms with Gasteiger partial charge in [0.15, 0.2) is 0 Å². The second-order valence-electron chi connectivity index (χ2n) is 7.56. The Morgan fingerprint density at radius 1 is 1.31 bits per heavy atom. The van der Waals surface area contributed by atoms with E-state index in [0.29, 0.717) is 12.6 Å². The molecule has 150 valence electrons. The van der Waals surface area contributed by atoms with Crippen molar-refractivity contribution in [1.29, 1.82) is 0 Å². The topological polar surface area (TPSA) is 79.6 Å². The maximum atomic E-state index is 5.63. The number of amidine groups is 1. The largest absolute Gasteiger partial charge is 0.496 e. The normalized spacial score (nSPS) is 23.4. The van der Waals surface area contributed by atoms with Crippen LogP contribution in [0.25, 0.3) is 5.57 Å². The van der Waals surface area contributed by atoms with Gasteiger partial charge in [0.05, 0.1) is 31.6 Å². The standard InChI is InChI=1S/C21H25N7O/c1-27-12-14(9-24-27)16-13-28-18(11-23-21(28)8-19(16)29-2)17-4-3-5-20(26-17)25-15-6-7-22-10-15/h3-5,8-9,12-13,15,18,22H,6-7,10-11H2,1-2H3,(H,25,26). The minimum Gasteiger partial charge on any atom is -0.496 e. The van der Waals surface area contributed by atoms with E-state index in [-0.39, 0.29) is 6.04 Å². The molecule has 1 fully saturated rings. The summed E-state index contributed by atoms with van der Waals surface area (Å²) in [4.78, 5) is 11.8. The van der Waals surface area contributed by atoms with E-state index >= 15 is 0 Å². The van der Waals surface area contributed by atoms with Gasteiger partial charge in [-0.3, -0.25) is 9.67 Å². The first-order valence-electron chi connectivity index (χ1n) is 9.95. The first-order valence-corrected chi connectivity index (χ1v) is 9.95. The van der Waals surface area contributed by atoms with Gasteiger partial charge in [0.25, 0.3) is 0 Å². The van der Waals surface area contributed by atoms with Crippen molar-refractivity contribution in [2.45, 2.75) is 18.5 Å². The predicted molar refractivity (Wildman–Crippen MR) is 112 cm³/mol. The molecule has 2 atom stereocenters. The van der Waals surface area contributed by atoms with Crippen LogP contribution in [0.15, 0.2) is 53.6 Å². The van der Waals surface area contributed by atoms with Crippen molar-refractivity contribution in [3.63, 3.8) is 0 Å². The lowest BCUT2D eigenvalue weighted by atomic mass is 10.0. The number of nitrogens with zero attached hydrogens (tertiary/aromatic N) is 5. The zero-order valence-electron chi connectivity index (χ0n) is 16.7. The molecule has 2 aromatic heterocycles. The summed E-state index contributed by atoms with van der Waals surface area (Å²) in [5, 5.41) is 11.2. The number of allylic oxidation sites excluding steroid dienone is 1. The molecule has 1 saturated heterocycles. The van der Waals surface area contributed by atoms with Gasteiger partial charge in [0.2, 0.25) is 0 Å². The molecule has 8 heteroatoms. The summed E-state index contributed by atoms with van der Waals surface area (Å²) >= 11 is 0. The molecule has 8 nitrogen and oxygen atoms in total. The Kier molecular flexibility index (Phi) is 4.55. The average Bonchev–Trinajstić information content (AvgIpc) is 3.48. The first kappa shape index (κ1) is 17.9. The summed E-state index contributed by atoms with van der Waals surface area (Å²) in [5.74, 6) is 2.62. The molecule has 3 aliphatic rings. The molecular weight excluding hydrogens is 366 g/mol. The zero-order chi connectivity index (χ0) is 19.8. The third kappa shape index (κ3) is 3.40. The predicted octanol–water partition coefficient (Wildman–Crippen LogP) is 1.93. The van der Waals surface area contributed by atoms with Crippen LogP contribution in [0.4, 0.5) is 5.82 Å². The van der Waals surface area contributed by atoms with Crippen LogP contribution >= 0.6 is 0 Å². The van der Waals surface area contributed by atoms with Gasteiger partial charge in [-0.1, -0.05) is 6.07 Å². The van der Waals surface area contributed by atoms with Crippen molar-refractivity contribution in [3.8, 4) is 0 Å². The molecule has 0 spiro atoms. The van der Waals surface area contributed by atoms with E-state index in [9.17, 15) is 0 Å². The molecule has 0 amide bonds. The summed E-state index contributed by atoms with van der Waals surface area (Å²) in [5.41, 5.74) is 3.02. The van der Waals surface area contributed by atoms with Gasteiger partial charge < -0.3 is 20.3 Å². The number of rotatable bonds is 5. The smallest absolute Gasteiger partial charge is 0.132 e. The van der Waals surface area contributed by atoms with Crippen molar-refractivity contribution in [3.05, 3.63) is 59.9 Å². The van der Waals surface area contributed by atoms with Crippen LogP contribution in [0.2, 0.25) is 0 Å². The van der Waals surface area contributed by atoms with Gasteiger partial charge in [-0.05, 0) is 25.1 Å². The molecule has 0 saturated carbocycles. The van der Waals surface area contributed by atoms with Gasteiger partial charge in [-0.25, -0.2) is 4.98 Å². The highest BCUT2D eigenvalue weighted by Gasteiger charge is 2.32. The molecule has 5 heterocycles. The fourth-order valence-corrected chi connectivity index (χ4v) is 4.07. The third-order valence-corrected chi connectivity index (χ3v) is 5.58. The van der Waals surface area contributed by atoms with Gasteiger partial charge >= 0.3 is 0 Å². The highest BCUT2D eigenvalue weighted by Crippen LogP contribution is 2.35. The summed E-state index contributed by atoms with van der Waals surface area (Å²) < 4.78 is 7.42. The van der Waals surface area contributed by atoms with Gasteiger partial charge in [-0.15, -0.1) is 0 Å². The number of methoxy groups -OCH3 is 1. The molecule has 29 heavy (non-hydrogen) atoms. The highest BCUT2D eigenvalue weighted by atomic mass is 16.5. The van der Waals surface area contributed by atoms with Crippen LogP contribution in [0.3, 0.4) is 0 Å². The number of fused-ring (bicyclic) bond motifs is 1. The lowest BCUT2D eigenvalue weighted by Gasteiger charge is -2.28.